The molecule has 134 valence electrons. The van der Waals surface area contributed by atoms with Gasteiger partial charge in [-0.15, -0.1) is 0 Å². The van der Waals surface area contributed by atoms with Crippen molar-refractivity contribution in [3.05, 3.63) is 58.8 Å². The number of hydrogen-bond acceptors (Lipinski definition) is 5. The predicted octanol–water partition coefficient (Wildman–Crippen LogP) is 1.94. The third-order valence-corrected chi connectivity index (χ3v) is 4.50. The number of hydrogen-bond donors (Lipinski definition) is 2. The van der Waals surface area contributed by atoms with Gasteiger partial charge in [-0.1, -0.05) is 12.1 Å². The minimum Gasteiger partial charge on any atom is -0.354 e. The fourth-order valence-corrected chi connectivity index (χ4v) is 3.18. The number of rotatable bonds is 6. The monoisotopic (exact) mass is 374 g/mol. The third kappa shape index (κ3) is 4.37. The van der Waals surface area contributed by atoms with E-state index in [1.807, 2.05) is 0 Å². The van der Waals surface area contributed by atoms with Crippen LogP contribution < -0.4 is 5.32 Å². The maximum Gasteiger partial charge on any atom is 0.294 e. The van der Waals surface area contributed by atoms with E-state index >= 15 is 0 Å². The normalized spacial score (nSPS) is 15.7. The molecule has 0 aliphatic carbocycles. The molecule has 1 aliphatic rings. The molecule has 0 radical (unpaired) electrons. The second-order valence-corrected chi connectivity index (χ2v) is 6.49. The Morgan fingerprint density at radius 3 is 2.96 bits per heavy atom. The van der Waals surface area contributed by atoms with E-state index in [0.29, 0.717) is 18.5 Å². The number of thioether (sulfide) groups is 1. The number of benzene rings is 1. The highest BCUT2D eigenvalue weighted by Crippen LogP contribution is 2.31. The van der Waals surface area contributed by atoms with Crippen molar-refractivity contribution in [2.24, 2.45) is 0 Å². The zero-order valence-corrected chi connectivity index (χ0v) is 14.4. The Bertz CT molecular complexity index is 867. The van der Waals surface area contributed by atoms with Gasteiger partial charge in [-0.05, 0) is 35.5 Å². The van der Waals surface area contributed by atoms with Crippen molar-refractivity contribution in [1.82, 2.24) is 20.2 Å². The first-order chi connectivity index (χ1) is 12.5. The number of nitrogens with one attached hydrogen (secondary N) is 2. The Labute approximate surface area is 152 Å². The van der Waals surface area contributed by atoms with Gasteiger partial charge in [-0.25, -0.2) is 9.37 Å². The lowest BCUT2D eigenvalue weighted by atomic mass is 10.2. The van der Waals surface area contributed by atoms with Crippen LogP contribution in [-0.2, 0) is 16.0 Å². The van der Waals surface area contributed by atoms with E-state index in [9.17, 15) is 18.8 Å². The van der Waals surface area contributed by atoms with Gasteiger partial charge >= 0.3 is 0 Å². The SMILES string of the molecule is O=C(CN1C(=O)SC(=Cc2cccc(F)c2)C1=O)NCCc1cnc[nH]1. The van der Waals surface area contributed by atoms with Crippen molar-refractivity contribution in [1.29, 1.82) is 0 Å². The van der Waals surface area contributed by atoms with Crippen molar-refractivity contribution in [3.63, 3.8) is 0 Å². The number of halogens is 1. The topological polar surface area (TPSA) is 95.2 Å². The van der Waals surface area contributed by atoms with E-state index in [1.54, 1.807) is 18.6 Å². The zero-order chi connectivity index (χ0) is 18.5. The molecule has 1 aromatic carbocycles. The molecule has 1 aromatic heterocycles. The first-order valence-corrected chi connectivity index (χ1v) is 8.59. The maximum atomic E-state index is 13.2. The number of imidazole rings is 1. The van der Waals surface area contributed by atoms with Crippen molar-refractivity contribution in [2.75, 3.05) is 13.1 Å². The first-order valence-electron chi connectivity index (χ1n) is 7.78. The Morgan fingerprint density at radius 1 is 1.38 bits per heavy atom. The summed E-state index contributed by atoms with van der Waals surface area (Å²) in [6, 6.07) is 5.69. The number of imide groups is 1. The van der Waals surface area contributed by atoms with Crippen LogP contribution in [0.1, 0.15) is 11.3 Å². The molecule has 3 amide bonds. The van der Waals surface area contributed by atoms with E-state index in [-0.39, 0.29) is 11.4 Å². The molecular formula is C17H15FN4O3S. The van der Waals surface area contributed by atoms with Gasteiger partial charge in [0, 0.05) is 24.9 Å². The molecule has 3 rings (SSSR count). The van der Waals surface area contributed by atoms with Crippen LogP contribution in [0.4, 0.5) is 9.18 Å². The molecule has 0 bridgehead atoms. The summed E-state index contributed by atoms with van der Waals surface area (Å²) in [7, 11) is 0. The minimum absolute atomic E-state index is 0.158. The molecule has 1 saturated heterocycles. The Morgan fingerprint density at radius 2 is 2.23 bits per heavy atom. The summed E-state index contributed by atoms with van der Waals surface area (Å²) < 4.78 is 13.2. The Balaban J connectivity index is 1.57. The maximum absolute atomic E-state index is 13.2. The molecule has 7 nitrogen and oxygen atoms in total. The average molecular weight is 374 g/mol. The van der Waals surface area contributed by atoms with Gasteiger partial charge in [0.2, 0.25) is 5.91 Å². The van der Waals surface area contributed by atoms with Crippen LogP contribution in [0.25, 0.3) is 6.08 Å². The number of carbonyl (C=O) groups is 3. The van der Waals surface area contributed by atoms with E-state index in [1.165, 1.54) is 24.3 Å². The molecule has 2 N–H and O–H groups in total. The molecule has 1 aliphatic heterocycles. The molecular weight excluding hydrogens is 359 g/mol. The summed E-state index contributed by atoms with van der Waals surface area (Å²) in [4.78, 5) is 44.1. The van der Waals surface area contributed by atoms with E-state index in [2.05, 4.69) is 15.3 Å². The molecule has 0 atom stereocenters. The van der Waals surface area contributed by atoms with Crippen LogP contribution in [0.2, 0.25) is 0 Å². The van der Waals surface area contributed by atoms with Crippen molar-refractivity contribution < 1.29 is 18.8 Å². The highest BCUT2D eigenvalue weighted by atomic mass is 32.2. The summed E-state index contributed by atoms with van der Waals surface area (Å²) >= 11 is 0.729. The van der Waals surface area contributed by atoms with Gasteiger partial charge in [0.1, 0.15) is 12.4 Å². The van der Waals surface area contributed by atoms with Crippen LogP contribution in [0, 0.1) is 5.82 Å². The summed E-state index contributed by atoms with van der Waals surface area (Å²) in [5.41, 5.74) is 1.34. The van der Waals surface area contributed by atoms with Crippen molar-refractivity contribution in [2.45, 2.75) is 6.42 Å². The lowest BCUT2D eigenvalue weighted by Crippen LogP contribution is -2.40. The number of aromatic amines is 1. The highest BCUT2D eigenvalue weighted by Gasteiger charge is 2.36. The van der Waals surface area contributed by atoms with Crippen molar-refractivity contribution in [3.8, 4) is 0 Å². The Kier molecular flexibility index (Phi) is 5.47. The van der Waals surface area contributed by atoms with Gasteiger partial charge in [-0.3, -0.25) is 19.3 Å². The number of H-pyrrole nitrogens is 1. The number of carbonyl (C=O) groups excluding carboxylic acids is 3. The number of aromatic nitrogens is 2. The average Bonchev–Trinajstić information content (AvgIpc) is 3.19. The highest BCUT2D eigenvalue weighted by molar-refractivity contribution is 8.18. The second-order valence-electron chi connectivity index (χ2n) is 5.50. The van der Waals surface area contributed by atoms with Crippen LogP contribution in [0.3, 0.4) is 0 Å². The molecule has 2 heterocycles. The smallest absolute Gasteiger partial charge is 0.294 e. The molecule has 0 unspecified atom stereocenters. The van der Waals surface area contributed by atoms with Gasteiger partial charge in [0.25, 0.3) is 11.1 Å². The van der Waals surface area contributed by atoms with Gasteiger partial charge < -0.3 is 10.3 Å². The number of amides is 3. The van der Waals surface area contributed by atoms with E-state index in [4.69, 9.17) is 0 Å². The zero-order valence-electron chi connectivity index (χ0n) is 13.6. The molecule has 0 saturated carbocycles. The largest absolute Gasteiger partial charge is 0.354 e. The number of nitrogens with zero attached hydrogens (tertiary/aromatic N) is 2. The van der Waals surface area contributed by atoms with Crippen LogP contribution >= 0.6 is 11.8 Å². The van der Waals surface area contributed by atoms with Crippen LogP contribution in [0.15, 0.2) is 41.7 Å². The quantitative estimate of drug-likeness (QED) is 0.754. The summed E-state index contributed by atoms with van der Waals surface area (Å²) in [5, 5.41) is 2.12. The summed E-state index contributed by atoms with van der Waals surface area (Å²) in [5.74, 6) is -1.43. The fraction of sp³-hybridized carbons (Fsp3) is 0.176. The fourth-order valence-electron chi connectivity index (χ4n) is 2.34. The lowest BCUT2D eigenvalue weighted by Gasteiger charge is -2.12. The summed E-state index contributed by atoms with van der Waals surface area (Å²) in [6.07, 6.45) is 5.19. The molecule has 1 fully saturated rings. The predicted molar refractivity (Wildman–Crippen MR) is 94.4 cm³/mol. The molecule has 2 aromatic rings. The molecule has 9 heteroatoms. The van der Waals surface area contributed by atoms with Crippen LogP contribution in [0.5, 0.6) is 0 Å². The van der Waals surface area contributed by atoms with Crippen molar-refractivity contribution >= 4 is 34.9 Å². The van der Waals surface area contributed by atoms with E-state index in [0.717, 1.165) is 22.4 Å². The Hall–Kier alpha value is -2.94. The molecule has 0 spiro atoms. The minimum atomic E-state index is -0.562. The summed E-state index contributed by atoms with van der Waals surface area (Å²) in [6.45, 7) is 0.00448. The van der Waals surface area contributed by atoms with Gasteiger partial charge in [-0.2, -0.15) is 0 Å². The van der Waals surface area contributed by atoms with E-state index < -0.39 is 22.9 Å². The standard InChI is InChI=1S/C17H15FN4O3S/c18-12-3-1-2-11(6-12)7-14-16(24)22(17(25)26-14)9-15(23)20-5-4-13-8-19-10-21-13/h1-3,6-8,10H,4-5,9H2,(H,19,21)(H,20,23). The molecule has 26 heavy (non-hydrogen) atoms. The lowest BCUT2D eigenvalue weighted by molar-refractivity contribution is -0.129. The third-order valence-electron chi connectivity index (χ3n) is 3.59. The van der Waals surface area contributed by atoms with Gasteiger partial charge in [0.05, 0.1) is 11.2 Å². The second kappa shape index (κ2) is 7.96. The first kappa shape index (κ1) is 17.9. The van der Waals surface area contributed by atoms with Crippen LogP contribution in [-0.4, -0.2) is 45.0 Å². The van der Waals surface area contributed by atoms with Gasteiger partial charge in [0.15, 0.2) is 0 Å².